The lowest BCUT2D eigenvalue weighted by atomic mass is 10.2. The highest BCUT2D eigenvalue weighted by atomic mass is 35.5. The quantitative estimate of drug-likeness (QED) is 0.677. The first-order valence-corrected chi connectivity index (χ1v) is 8.59. The molecule has 2 aromatic heterocycles. The maximum atomic E-state index is 12.3. The van der Waals surface area contributed by atoms with E-state index in [0.29, 0.717) is 17.4 Å². The van der Waals surface area contributed by atoms with Crippen LogP contribution in [0.5, 0.6) is 0 Å². The highest BCUT2D eigenvalue weighted by Gasteiger charge is 2.18. The number of hydrogen-bond donors (Lipinski definition) is 2. The minimum absolute atomic E-state index is 0.116. The van der Waals surface area contributed by atoms with Crippen molar-refractivity contribution in [2.24, 2.45) is 0 Å². The lowest BCUT2D eigenvalue weighted by Gasteiger charge is -2.05. The van der Waals surface area contributed by atoms with E-state index in [-0.39, 0.29) is 5.69 Å². The van der Waals surface area contributed by atoms with Gasteiger partial charge in [-0.1, -0.05) is 23.7 Å². The molecular weight excluding hydrogens is 370 g/mol. The van der Waals surface area contributed by atoms with Crippen LogP contribution in [-0.4, -0.2) is 36.5 Å². The fraction of sp³-hybridized carbons (Fsp3) is 0.222. The van der Waals surface area contributed by atoms with Crippen LogP contribution in [0.3, 0.4) is 0 Å². The van der Waals surface area contributed by atoms with E-state index >= 15 is 0 Å². The number of amides is 1. The van der Waals surface area contributed by atoms with Crippen molar-refractivity contribution in [2.45, 2.75) is 26.4 Å². The van der Waals surface area contributed by atoms with E-state index < -0.39 is 17.9 Å². The van der Waals surface area contributed by atoms with E-state index in [9.17, 15) is 9.59 Å². The highest BCUT2D eigenvalue weighted by Crippen LogP contribution is 2.15. The number of hydrogen-bond acceptors (Lipinski definition) is 4. The Labute approximate surface area is 160 Å². The Morgan fingerprint density at radius 1 is 1.26 bits per heavy atom. The number of anilines is 1. The SMILES string of the molecule is Cc1cc(NC(=O)c2ccn(C(C)C(=O)O)n2)nn1Cc1cccc(Cl)c1. The van der Waals surface area contributed by atoms with Gasteiger partial charge in [0.15, 0.2) is 11.5 Å². The van der Waals surface area contributed by atoms with E-state index in [1.807, 2.05) is 25.1 Å². The predicted octanol–water partition coefficient (Wildman–Crippen LogP) is 2.99. The van der Waals surface area contributed by atoms with Gasteiger partial charge in [0.25, 0.3) is 5.91 Å². The number of halogens is 1. The maximum Gasteiger partial charge on any atom is 0.328 e. The van der Waals surface area contributed by atoms with Crippen molar-refractivity contribution in [2.75, 3.05) is 5.32 Å². The molecule has 0 bridgehead atoms. The zero-order valence-corrected chi connectivity index (χ0v) is 15.5. The van der Waals surface area contributed by atoms with Crippen molar-refractivity contribution in [3.63, 3.8) is 0 Å². The average molecular weight is 388 g/mol. The first kappa shape index (κ1) is 18.7. The van der Waals surface area contributed by atoms with Gasteiger partial charge in [-0.3, -0.25) is 14.2 Å². The van der Waals surface area contributed by atoms with Crippen LogP contribution >= 0.6 is 11.6 Å². The van der Waals surface area contributed by atoms with E-state index in [0.717, 1.165) is 11.3 Å². The Balaban J connectivity index is 1.71. The summed E-state index contributed by atoms with van der Waals surface area (Å²) >= 11 is 6.00. The van der Waals surface area contributed by atoms with Crippen LogP contribution in [0, 0.1) is 6.92 Å². The molecule has 9 heteroatoms. The monoisotopic (exact) mass is 387 g/mol. The van der Waals surface area contributed by atoms with Crippen molar-refractivity contribution in [1.82, 2.24) is 19.6 Å². The standard InChI is InChI=1S/C18H18ClN5O3/c1-11-8-16(22-24(11)10-13-4-3-5-14(19)9-13)20-17(25)15-6-7-23(21-15)12(2)18(26)27/h3-9,12H,10H2,1-2H3,(H,26,27)(H,20,22,25). The molecule has 1 amide bonds. The van der Waals surface area contributed by atoms with Gasteiger partial charge >= 0.3 is 5.97 Å². The molecule has 0 saturated carbocycles. The summed E-state index contributed by atoms with van der Waals surface area (Å²) in [7, 11) is 0. The maximum absolute atomic E-state index is 12.3. The number of carbonyl (C=O) groups excluding carboxylic acids is 1. The molecule has 1 unspecified atom stereocenters. The Bertz CT molecular complexity index is 995. The van der Waals surface area contributed by atoms with Crippen LogP contribution < -0.4 is 5.32 Å². The summed E-state index contributed by atoms with van der Waals surface area (Å²) in [5.41, 5.74) is 1.98. The molecule has 3 rings (SSSR count). The van der Waals surface area contributed by atoms with Crippen molar-refractivity contribution in [3.8, 4) is 0 Å². The molecule has 3 aromatic rings. The average Bonchev–Trinajstić information content (AvgIpc) is 3.22. The molecule has 0 spiro atoms. The largest absolute Gasteiger partial charge is 0.480 e. The molecule has 0 aliphatic rings. The van der Waals surface area contributed by atoms with Gasteiger partial charge in [-0.05, 0) is 37.6 Å². The Hall–Kier alpha value is -3.13. The van der Waals surface area contributed by atoms with E-state index in [2.05, 4.69) is 15.5 Å². The second-order valence-corrected chi connectivity index (χ2v) is 6.54. The van der Waals surface area contributed by atoms with Gasteiger partial charge in [-0.2, -0.15) is 10.2 Å². The molecule has 2 heterocycles. The second-order valence-electron chi connectivity index (χ2n) is 6.11. The normalized spacial score (nSPS) is 12.0. The van der Waals surface area contributed by atoms with Crippen molar-refractivity contribution in [3.05, 3.63) is 64.6 Å². The molecule has 0 fully saturated rings. The second kappa shape index (κ2) is 7.63. The van der Waals surface area contributed by atoms with E-state index in [4.69, 9.17) is 16.7 Å². The first-order chi connectivity index (χ1) is 12.8. The molecule has 2 N–H and O–H groups in total. The molecule has 1 atom stereocenters. The van der Waals surface area contributed by atoms with E-state index in [1.165, 1.54) is 23.9 Å². The van der Waals surface area contributed by atoms with Crippen LogP contribution in [0.4, 0.5) is 5.82 Å². The number of carbonyl (C=O) groups is 2. The number of aryl methyl sites for hydroxylation is 1. The molecule has 8 nitrogen and oxygen atoms in total. The number of nitrogens with zero attached hydrogens (tertiary/aromatic N) is 4. The number of nitrogens with one attached hydrogen (secondary N) is 1. The summed E-state index contributed by atoms with van der Waals surface area (Å²) in [5.74, 6) is -1.10. The summed E-state index contributed by atoms with van der Waals surface area (Å²) in [6.07, 6.45) is 1.46. The number of carboxylic acid groups (broad SMARTS) is 1. The van der Waals surface area contributed by atoms with Gasteiger partial charge in [-0.25, -0.2) is 4.79 Å². The minimum atomic E-state index is -1.03. The predicted molar refractivity (Wildman–Crippen MR) is 100 cm³/mol. The van der Waals surface area contributed by atoms with Gasteiger partial charge in [0.05, 0.1) is 6.54 Å². The zero-order valence-electron chi connectivity index (χ0n) is 14.8. The lowest BCUT2D eigenvalue weighted by Crippen LogP contribution is -2.18. The molecule has 0 radical (unpaired) electrons. The van der Waals surface area contributed by atoms with Crippen molar-refractivity contribution < 1.29 is 14.7 Å². The van der Waals surface area contributed by atoms with Gasteiger partial charge in [0.2, 0.25) is 0 Å². The minimum Gasteiger partial charge on any atom is -0.480 e. The molecule has 27 heavy (non-hydrogen) atoms. The van der Waals surface area contributed by atoms with Gasteiger partial charge in [0.1, 0.15) is 6.04 Å². The first-order valence-electron chi connectivity index (χ1n) is 8.21. The van der Waals surface area contributed by atoms with Gasteiger partial charge < -0.3 is 10.4 Å². The van der Waals surface area contributed by atoms with Crippen LogP contribution in [0.2, 0.25) is 5.02 Å². The number of benzene rings is 1. The van der Waals surface area contributed by atoms with Crippen LogP contribution in [0.15, 0.2) is 42.6 Å². The molecule has 140 valence electrons. The third kappa shape index (κ3) is 4.35. The molecule has 1 aromatic carbocycles. The smallest absolute Gasteiger partial charge is 0.328 e. The summed E-state index contributed by atoms with van der Waals surface area (Å²) in [6.45, 7) is 3.89. The number of carboxylic acids is 1. The topological polar surface area (TPSA) is 102 Å². The summed E-state index contributed by atoms with van der Waals surface area (Å²) < 4.78 is 2.98. The molecule has 0 saturated heterocycles. The Morgan fingerprint density at radius 2 is 2.04 bits per heavy atom. The van der Waals surface area contributed by atoms with Crippen LogP contribution in [0.25, 0.3) is 0 Å². The number of aliphatic carboxylic acids is 1. The fourth-order valence-corrected chi connectivity index (χ4v) is 2.72. The summed E-state index contributed by atoms with van der Waals surface area (Å²) in [6, 6.07) is 9.83. The van der Waals surface area contributed by atoms with E-state index in [1.54, 1.807) is 16.8 Å². The van der Waals surface area contributed by atoms with Gasteiger partial charge in [-0.15, -0.1) is 0 Å². The molecule has 0 aliphatic heterocycles. The Kier molecular flexibility index (Phi) is 5.27. The third-order valence-electron chi connectivity index (χ3n) is 4.04. The van der Waals surface area contributed by atoms with Crippen molar-refractivity contribution in [1.29, 1.82) is 0 Å². The molecule has 0 aliphatic carbocycles. The zero-order chi connectivity index (χ0) is 19.6. The summed E-state index contributed by atoms with van der Waals surface area (Å²) in [5, 5.41) is 20.7. The Morgan fingerprint density at radius 3 is 2.74 bits per heavy atom. The number of aromatic nitrogens is 4. The lowest BCUT2D eigenvalue weighted by molar-refractivity contribution is -0.140. The summed E-state index contributed by atoms with van der Waals surface area (Å²) in [4.78, 5) is 23.3. The van der Waals surface area contributed by atoms with Gasteiger partial charge in [0, 0.05) is 23.0 Å². The highest BCUT2D eigenvalue weighted by molar-refractivity contribution is 6.30. The third-order valence-corrected chi connectivity index (χ3v) is 4.27. The van der Waals surface area contributed by atoms with Crippen LogP contribution in [-0.2, 0) is 11.3 Å². The fourth-order valence-electron chi connectivity index (χ4n) is 2.51. The number of rotatable bonds is 6. The van der Waals surface area contributed by atoms with Crippen LogP contribution in [0.1, 0.15) is 34.7 Å². The van der Waals surface area contributed by atoms with Crippen molar-refractivity contribution >= 4 is 29.3 Å². The molecular formula is C18H18ClN5O3.